The predicted octanol–water partition coefficient (Wildman–Crippen LogP) is 9.46. The van der Waals surface area contributed by atoms with E-state index >= 15 is 0 Å². The van der Waals surface area contributed by atoms with Crippen LogP contribution in [0.5, 0.6) is 0 Å². The molecule has 5 aliphatic rings. The van der Waals surface area contributed by atoms with E-state index in [2.05, 4.69) is 126 Å². The van der Waals surface area contributed by atoms with Crippen molar-refractivity contribution >= 4 is 67.3 Å². The SMILES string of the molecule is CCN1CCN(c2ccc3nc(-c4cc5c(C)nc(C)cn5n4)cc(=O)n3c2)C[C@H]1C.Cc1cn2nc(-c3cc(=O)n4cc(C5=CCNCC5)ccc4n3)cc2c(C)n1.Cc1cn2nc(-c3cc(=O)n4cc(N5CCN(C6CC6)CC5)ccc4n3)cc2c(C)n1.Cc1cn2nc(-c3cc(=O)n4cc(N5CCNC(C)(C)C5)ccc4n3)cc2c(C)n1. The molecular formula is C89H97N27O4. The monoisotopic (exact) mass is 1610 g/mol. The molecule has 31 nitrogen and oxygen atoms in total. The Morgan fingerprint density at radius 2 is 0.792 bits per heavy atom. The van der Waals surface area contributed by atoms with Gasteiger partial charge >= 0.3 is 0 Å². The summed E-state index contributed by atoms with van der Waals surface area (Å²) in [6.45, 7) is 37.1. The van der Waals surface area contributed by atoms with Crippen LogP contribution in [0.3, 0.4) is 0 Å². The molecule has 1 atom stereocenters. The molecule has 0 spiro atoms. The Morgan fingerprint density at radius 1 is 0.408 bits per heavy atom. The lowest BCUT2D eigenvalue weighted by molar-refractivity contribution is 0.199. The van der Waals surface area contributed by atoms with E-state index in [-0.39, 0.29) is 27.8 Å². The summed E-state index contributed by atoms with van der Waals surface area (Å²) < 4.78 is 13.7. The standard InChI is InChI=1S/C23H25N7O.C23H27N7O.C22H25N7O.C21H20N6O/c1-15-13-30-21(16(2)24-15)11-20(26-30)19-12-23(31)29-14-18(5-6-22(29)25-19)28-9-7-27(8-10-28)17-3-4-17;1-5-27-8-9-28(13-16(27)3)18-6-7-22-25-19(11-23(31)29(22)14-18)20-10-21-17(4)24-15(2)12-30(21)26-20;1-14-11-29-19(15(2)24-14)9-18(26-29)17-10-21(30)28-12-16(5-6-20(28)25-17)27-8-7-23-22(3,4)13-27;1-13-11-27-19(14(2)23-13)9-18(25-27)17-10-21(28)26-12-16(3-4-20(26)24-17)15-5-7-22-8-6-15/h5-6,11-14,17H,3-4,7-10H2,1-2H3;6-7,10-12,14,16H,5,8-9,13H2,1-4H3;5-6,9-12,23H,7-8,13H2,1-4H3;3-5,9-12,22H,6-8H2,1-2H3/t;16-;;/m.1../s1. The maximum absolute atomic E-state index is 13.0. The maximum atomic E-state index is 13.0. The van der Waals surface area contributed by atoms with Crippen molar-refractivity contribution in [2.45, 2.75) is 120 Å². The number of anilines is 3. The van der Waals surface area contributed by atoms with Crippen LogP contribution in [0.15, 0.2) is 172 Å². The molecule has 0 bridgehead atoms. The van der Waals surface area contributed by atoms with Crippen LogP contribution >= 0.6 is 0 Å². The minimum Gasteiger partial charge on any atom is -0.368 e. The smallest absolute Gasteiger partial charge is 0.258 e. The van der Waals surface area contributed by atoms with Gasteiger partial charge in [-0.15, -0.1) is 0 Å². The minimum absolute atomic E-state index is 0.0365. The van der Waals surface area contributed by atoms with Gasteiger partial charge in [-0.2, -0.15) is 20.4 Å². The molecule has 2 N–H and O–H groups in total. The zero-order chi connectivity index (χ0) is 83.1. The van der Waals surface area contributed by atoms with E-state index in [0.717, 1.165) is 188 Å². The maximum Gasteiger partial charge on any atom is 0.258 e. The second-order valence-corrected chi connectivity index (χ2v) is 32.8. The number of nitrogens with one attached hydrogen (secondary N) is 2. The molecule has 4 fully saturated rings. The number of piperazine rings is 3. The van der Waals surface area contributed by atoms with Crippen molar-refractivity contribution < 1.29 is 0 Å². The van der Waals surface area contributed by atoms with E-state index in [0.29, 0.717) is 74.2 Å². The van der Waals surface area contributed by atoms with Gasteiger partial charge in [0, 0.05) is 139 Å². The van der Waals surface area contributed by atoms with E-state index in [1.54, 1.807) is 59.9 Å². The molecule has 31 heteroatoms. The molecule has 21 rings (SSSR count). The van der Waals surface area contributed by atoms with Crippen LogP contribution in [0.1, 0.15) is 98.1 Å². The largest absolute Gasteiger partial charge is 0.368 e. The highest BCUT2D eigenvalue weighted by Crippen LogP contribution is 2.31. The fourth-order valence-electron chi connectivity index (χ4n) is 17.0. The van der Waals surface area contributed by atoms with Crippen molar-refractivity contribution in [3.63, 3.8) is 0 Å². The quantitative estimate of drug-likeness (QED) is 0.129. The zero-order valence-corrected chi connectivity index (χ0v) is 69.7. The predicted molar refractivity (Wildman–Crippen MR) is 467 cm³/mol. The van der Waals surface area contributed by atoms with Crippen LogP contribution in [0.4, 0.5) is 17.1 Å². The Kier molecular flexibility index (Phi) is 20.6. The second kappa shape index (κ2) is 31.6. The molecule has 0 aromatic carbocycles. The van der Waals surface area contributed by atoms with Crippen LogP contribution in [0, 0.1) is 55.4 Å². The summed E-state index contributed by atoms with van der Waals surface area (Å²) in [5.74, 6) is 0. The first-order valence-corrected chi connectivity index (χ1v) is 41.2. The lowest BCUT2D eigenvalue weighted by Crippen LogP contribution is -2.57. The molecule has 0 amide bonds. The van der Waals surface area contributed by atoms with Crippen molar-refractivity contribution in [2.24, 2.45) is 0 Å². The van der Waals surface area contributed by atoms with Crippen LogP contribution in [-0.2, 0) is 0 Å². The van der Waals surface area contributed by atoms with Crippen LogP contribution in [0.2, 0.25) is 0 Å². The van der Waals surface area contributed by atoms with E-state index < -0.39 is 0 Å². The molecule has 4 aliphatic heterocycles. The molecule has 1 aliphatic carbocycles. The Balaban J connectivity index is 0.000000110. The van der Waals surface area contributed by atoms with E-state index in [4.69, 9.17) is 15.0 Å². The highest BCUT2D eigenvalue weighted by Gasteiger charge is 2.32. The normalized spacial score (nSPS) is 16.6. The number of aromatic nitrogens is 20. The Bertz CT molecular complexity index is 7010. The minimum atomic E-state index is -0.116. The molecule has 0 radical (unpaired) electrons. The zero-order valence-electron chi connectivity index (χ0n) is 69.7. The van der Waals surface area contributed by atoms with Gasteiger partial charge in [0.05, 0.1) is 132 Å². The number of hydrogen-bond donors (Lipinski definition) is 2. The van der Waals surface area contributed by atoms with Gasteiger partial charge in [-0.05, 0) is 192 Å². The second-order valence-electron chi connectivity index (χ2n) is 32.8. The third kappa shape index (κ3) is 15.9. The lowest BCUT2D eigenvalue weighted by Gasteiger charge is -2.40. The molecule has 0 unspecified atom stereocenters. The van der Waals surface area contributed by atoms with Gasteiger partial charge in [-0.3, -0.25) is 66.5 Å². The van der Waals surface area contributed by atoms with E-state index in [1.165, 1.54) is 18.4 Å². The molecular weight excluding hydrogens is 1510 g/mol. The van der Waals surface area contributed by atoms with Crippen molar-refractivity contribution in [2.75, 3.05) is 99.8 Å². The lowest BCUT2D eigenvalue weighted by atomic mass is 10.0. The van der Waals surface area contributed by atoms with Crippen molar-refractivity contribution in [1.82, 2.24) is 116 Å². The first-order chi connectivity index (χ1) is 57.8. The van der Waals surface area contributed by atoms with E-state index in [1.807, 2.05) is 166 Å². The molecule has 20 heterocycles. The third-order valence-electron chi connectivity index (χ3n) is 23.3. The van der Waals surface area contributed by atoms with Gasteiger partial charge in [-0.25, -0.2) is 38.0 Å². The van der Waals surface area contributed by atoms with Crippen molar-refractivity contribution in [3.05, 3.63) is 245 Å². The van der Waals surface area contributed by atoms with Gasteiger partial charge in [0.15, 0.2) is 0 Å². The highest BCUT2D eigenvalue weighted by atomic mass is 16.1. The molecule has 120 heavy (non-hydrogen) atoms. The Hall–Kier alpha value is -13.1. The number of aryl methyl sites for hydroxylation is 8. The Morgan fingerprint density at radius 3 is 1.17 bits per heavy atom. The van der Waals surface area contributed by atoms with Gasteiger partial charge in [-0.1, -0.05) is 13.0 Å². The summed E-state index contributed by atoms with van der Waals surface area (Å²) in [6, 6.07) is 31.1. The number of rotatable bonds is 10. The summed E-state index contributed by atoms with van der Waals surface area (Å²) in [5, 5.41) is 25.3. The molecule has 3 saturated heterocycles. The van der Waals surface area contributed by atoms with Gasteiger partial charge in [0.1, 0.15) is 45.4 Å². The summed E-state index contributed by atoms with van der Waals surface area (Å²) in [4.78, 5) is 100. The number of pyridine rings is 4. The van der Waals surface area contributed by atoms with Gasteiger partial charge in [0.2, 0.25) is 0 Å². The first-order valence-electron chi connectivity index (χ1n) is 41.2. The average Bonchev–Trinajstić information content (AvgIpc) is 1.46. The average molecular weight is 1610 g/mol. The number of likely N-dealkylation sites (N-methyl/N-ethyl adjacent to an activating group) is 1. The van der Waals surface area contributed by atoms with Crippen LogP contribution in [0.25, 0.3) is 95.8 Å². The number of nitrogens with zero attached hydrogens (tertiary/aromatic N) is 25. The summed E-state index contributed by atoms with van der Waals surface area (Å²) >= 11 is 0. The summed E-state index contributed by atoms with van der Waals surface area (Å²) in [7, 11) is 0. The highest BCUT2D eigenvalue weighted by molar-refractivity contribution is 5.72. The number of fused-ring (bicyclic) bond motifs is 8. The molecule has 16 aromatic rings. The fourth-order valence-corrected chi connectivity index (χ4v) is 17.0. The summed E-state index contributed by atoms with van der Waals surface area (Å²) in [5.41, 5.74) is 23.4. The molecule has 16 aromatic heterocycles. The first kappa shape index (κ1) is 78.1. The van der Waals surface area contributed by atoms with Crippen molar-refractivity contribution in [1.29, 1.82) is 0 Å². The van der Waals surface area contributed by atoms with Crippen molar-refractivity contribution in [3.8, 4) is 45.6 Å². The van der Waals surface area contributed by atoms with Crippen LogP contribution in [-0.4, -0.2) is 208 Å². The molecule has 612 valence electrons. The Labute approximate surface area is 690 Å². The van der Waals surface area contributed by atoms with Crippen LogP contribution < -0.4 is 47.6 Å². The topological polar surface area (TPSA) is 298 Å². The third-order valence-corrected chi connectivity index (χ3v) is 23.3. The number of hydrogen-bond acceptors (Lipinski definition) is 23. The van der Waals surface area contributed by atoms with Gasteiger partial charge < -0.3 is 25.3 Å². The fraction of sp³-hybridized carbons (Fsp3) is 0.348. The van der Waals surface area contributed by atoms with E-state index in [9.17, 15) is 19.2 Å². The summed E-state index contributed by atoms with van der Waals surface area (Å²) in [6.07, 6.45) is 20.9. The molecule has 1 saturated carbocycles. The van der Waals surface area contributed by atoms with Gasteiger partial charge in [0.25, 0.3) is 22.2 Å².